The fraction of sp³-hybridized carbons (Fsp3) is 0.538. The maximum atomic E-state index is 12.1. The maximum Gasteiger partial charge on any atom is 0.269 e. The van der Waals surface area contributed by atoms with Crippen molar-refractivity contribution < 1.29 is 13.3 Å². The summed E-state index contributed by atoms with van der Waals surface area (Å²) in [7, 11) is -3.51. The van der Waals surface area contributed by atoms with E-state index in [-0.39, 0.29) is 36.4 Å². The van der Waals surface area contributed by atoms with E-state index in [1.54, 1.807) is 0 Å². The summed E-state index contributed by atoms with van der Waals surface area (Å²) in [6, 6.07) is 5.21. The average Bonchev–Trinajstić information content (AvgIpc) is 2.43. The van der Waals surface area contributed by atoms with E-state index < -0.39 is 14.9 Å². The first kappa shape index (κ1) is 20.8. The van der Waals surface area contributed by atoms with Gasteiger partial charge in [-0.3, -0.25) is 10.1 Å². The second kappa shape index (κ2) is 9.73. The third kappa shape index (κ3) is 7.17. The summed E-state index contributed by atoms with van der Waals surface area (Å²) in [4.78, 5) is 10.0. The van der Waals surface area contributed by atoms with Gasteiger partial charge in [0.05, 0.1) is 10.7 Å². The molecule has 1 atom stereocenters. The van der Waals surface area contributed by atoms with E-state index in [4.69, 9.17) is 5.73 Å². The maximum absolute atomic E-state index is 12.1. The van der Waals surface area contributed by atoms with Crippen LogP contribution in [0.15, 0.2) is 24.3 Å². The molecule has 0 aliphatic heterocycles. The molecule has 0 aliphatic carbocycles. The summed E-state index contributed by atoms with van der Waals surface area (Å²) in [5.74, 6) is -0.215. The summed E-state index contributed by atoms with van der Waals surface area (Å²) >= 11 is 0. The van der Waals surface area contributed by atoms with E-state index in [0.29, 0.717) is 12.0 Å². The Morgan fingerprint density at radius 3 is 2.36 bits per heavy atom. The second-order valence-electron chi connectivity index (χ2n) is 4.88. The molecular weight excluding hydrogens is 330 g/mol. The predicted molar refractivity (Wildman–Crippen MR) is 88.5 cm³/mol. The van der Waals surface area contributed by atoms with Crippen LogP contribution in [0, 0.1) is 10.1 Å². The normalized spacial score (nSPS) is 12.5. The lowest BCUT2D eigenvalue weighted by Gasteiger charge is -2.16. The number of halogens is 1. The van der Waals surface area contributed by atoms with Gasteiger partial charge in [-0.25, -0.2) is 13.1 Å². The molecule has 3 N–H and O–H groups in total. The number of benzene rings is 1. The number of nitrogens with one attached hydrogen (secondary N) is 1. The summed E-state index contributed by atoms with van der Waals surface area (Å²) in [5.41, 5.74) is 6.00. The van der Waals surface area contributed by atoms with Gasteiger partial charge in [0.1, 0.15) is 0 Å². The molecule has 7 nitrogen and oxygen atoms in total. The Bertz CT molecular complexity index is 563. The molecule has 0 aliphatic rings. The molecule has 1 rings (SSSR count). The molecule has 0 radical (unpaired) electrons. The van der Waals surface area contributed by atoms with Crippen LogP contribution < -0.4 is 10.5 Å². The van der Waals surface area contributed by atoms with Gasteiger partial charge in [0, 0.05) is 24.7 Å². The molecule has 1 aromatic carbocycles. The zero-order valence-electron chi connectivity index (χ0n) is 12.4. The number of sulfonamides is 1. The highest BCUT2D eigenvalue weighted by molar-refractivity contribution is 7.88. The first-order valence-electron chi connectivity index (χ1n) is 6.81. The molecular formula is C13H22ClN3O4S. The van der Waals surface area contributed by atoms with Crippen LogP contribution in [0.2, 0.25) is 0 Å². The molecule has 22 heavy (non-hydrogen) atoms. The van der Waals surface area contributed by atoms with Crippen LogP contribution in [-0.2, 0) is 15.8 Å². The lowest BCUT2D eigenvalue weighted by atomic mass is 10.1. The zero-order valence-corrected chi connectivity index (χ0v) is 14.0. The summed E-state index contributed by atoms with van der Waals surface area (Å²) in [5, 5.41) is 10.5. The van der Waals surface area contributed by atoms with E-state index in [0.717, 1.165) is 12.8 Å². The molecule has 0 amide bonds. The van der Waals surface area contributed by atoms with Crippen LogP contribution >= 0.6 is 12.4 Å². The number of rotatable bonds is 9. The molecule has 0 fully saturated rings. The van der Waals surface area contributed by atoms with Crippen LogP contribution in [0.4, 0.5) is 5.69 Å². The minimum atomic E-state index is -3.51. The quantitative estimate of drug-likeness (QED) is 0.521. The fourth-order valence-electron chi connectivity index (χ4n) is 1.90. The monoisotopic (exact) mass is 351 g/mol. The van der Waals surface area contributed by atoms with Crippen molar-refractivity contribution >= 4 is 28.1 Å². The second-order valence-corrected chi connectivity index (χ2v) is 6.63. The lowest BCUT2D eigenvalue weighted by molar-refractivity contribution is -0.384. The molecule has 0 bridgehead atoms. The van der Waals surface area contributed by atoms with Gasteiger partial charge >= 0.3 is 0 Å². The van der Waals surface area contributed by atoms with E-state index in [1.807, 2.05) is 6.92 Å². The standard InChI is InChI=1S/C13H21N3O4S.ClH/c1-2-3-4-12(9-14)15-21(19,20)10-11-5-7-13(8-6-11)16(17)18;/h5-8,12,15H,2-4,9-10,14H2,1H3;1H. The number of nitro groups is 1. The Morgan fingerprint density at radius 1 is 1.32 bits per heavy atom. The van der Waals surface area contributed by atoms with Crippen LogP contribution in [0.25, 0.3) is 0 Å². The Labute approximate surface area is 136 Å². The highest BCUT2D eigenvalue weighted by Crippen LogP contribution is 2.14. The van der Waals surface area contributed by atoms with Crippen molar-refractivity contribution in [3.63, 3.8) is 0 Å². The van der Waals surface area contributed by atoms with Crippen molar-refractivity contribution in [2.45, 2.75) is 38.0 Å². The number of nitro benzene ring substituents is 1. The number of hydrogen-bond donors (Lipinski definition) is 2. The average molecular weight is 352 g/mol. The third-order valence-electron chi connectivity index (χ3n) is 3.04. The smallest absolute Gasteiger partial charge is 0.269 e. The molecule has 0 heterocycles. The molecule has 9 heteroatoms. The zero-order chi connectivity index (χ0) is 15.9. The Morgan fingerprint density at radius 2 is 1.91 bits per heavy atom. The van der Waals surface area contributed by atoms with Crippen LogP contribution in [0.5, 0.6) is 0 Å². The highest BCUT2D eigenvalue weighted by atomic mass is 35.5. The number of nitrogens with two attached hydrogens (primary N) is 1. The van der Waals surface area contributed by atoms with Gasteiger partial charge in [-0.2, -0.15) is 0 Å². The summed E-state index contributed by atoms with van der Waals surface area (Å²) in [6.45, 7) is 2.28. The number of hydrogen-bond acceptors (Lipinski definition) is 5. The van der Waals surface area contributed by atoms with Crippen LogP contribution in [-0.4, -0.2) is 25.9 Å². The van der Waals surface area contributed by atoms with Gasteiger partial charge in [0.2, 0.25) is 10.0 Å². The highest BCUT2D eigenvalue weighted by Gasteiger charge is 2.17. The first-order chi connectivity index (χ1) is 9.88. The van der Waals surface area contributed by atoms with Gasteiger partial charge in [-0.15, -0.1) is 12.4 Å². The summed E-state index contributed by atoms with van der Waals surface area (Å²) in [6.07, 6.45) is 2.58. The molecule has 1 aromatic rings. The third-order valence-corrected chi connectivity index (χ3v) is 4.45. The van der Waals surface area contributed by atoms with E-state index >= 15 is 0 Å². The van der Waals surface area contributed by atoms with Gasteiger partial charge in [0.15, 0.2) is 0 Å². The topological polar surface area (TPSA) is 115 Å². The number of nitrogens with zero attached hydrogens (tertiary/aromatic N) is 1. The van der Waals surface area contributed by atoms with Crippen LogP contribution in [0.1, 0.15) is 31.7 Å². The van der Waals surface area contributed by atoms with Gasteiger partial charge in [0.25, 0.3) is 5.69 Å². The summed E-state index contributed by atoms with van der Waals surface area (Å²) < 4.78 is 26.7. The lowest BCUT2D eigenvalue weighted by Crippen LogP contribution is -2.40. The first-order valence-corrected chi connectivity index (χ1v) is 8.46. The number of unbranched alkanes of at least 4 members (excludes halogenated alkanes) is 1. The molecule has 0 spiro atoms. The SMILES string of the molecule is CCCCC(CN)NS(=O)(=O)Cc1ccc([N+](=O)[O-])cc1.Cl. The van der Waals surface area contributed by atoms with E-state index in [1.165, 1.54) is 24.3 Å². The van der Waals surface area contributed by atoms with E-state index in [9.17, 15) is 18.5 Å². The van der Waals surface area contributed by atoms with Crippen molar-refractivity contribution in [3.8, 4) is 0 Å². The van der Waals surface area contributed by atoms with Crippen LogP contribution in [0.3, 0.4) is 0 Å². The minimum absolute atomic E-state index is 0. The Kier molecular flexibility index (Phi) is 9.19. The molecule has 126 valence electrons. The van der Waals surface area contributed by atoms with Gasteiger partial charge in [-0.1, -0.05) is 31.9 Å². The van der Waals surface area contributed by atoms with Gasteiger partial charge < -0.3 is 5.73 Å². The van der Waals surface area contributed by atoms with Crippen molar-refractivity contribution in [1.29, 1.82) is 0 Å². The number of non-ortho nitro benzene ring substituents is 1. The van der Waals surface area contributed by atoms with Crippen molar-refractivity contribution in [2.75, 3.05) is 6.54 Å². The Hall–Kier alpha value is -1.22. The molecule has 0 saturated carbocycles. The van der Waals surface area contributed by atoms with Gasteiger partial charge in [-0.05, 0) is 12.0 Å². The van der Waals surface area contributed by atoms with Crippen molar-refractivity contribution in [2.24, 2.45) is 5.73 Å². The predicted octanol–water partition coefficient (Wildman–Crippen LogP) is 1.95. The largest absolute Gasteiger partial charge is 0.329 e. The fourth-order valence-corrected chi connectivity index (χ4v) is 3.34. The Balaban J connectivity index is 0.00000441. The van der Waals surface area contributed by atoms with Crippen molar-refractivity contribution in [3.05, 3.63) is 39.9 Å². The minimum Gasteiger partial charge on any atom is -0.329 e. The van der Waals surface area contributed by atoms with E-state index in [2.05, 4.69) is 4.72 Å². The molecule has 0 aromatic heterocycles. The molecule has 1 unspecified atom stereocenters. The molecule has 0 saturated heterocycles. The van der Waals surface area contributed by atoms with Crippen molar-refractivity contribution in [1.82, 2.24) is 4.72 Å².